The van der Waals surface area contributed by atoms with Crippen molar-refractivity contribution in [2.45, 2.75) is 17.6 Å². The van der Waals surface area contributed by atoms with Crippen molar-refractivity contribution in [2.24, 2.45) is 0 Å². The molecule has 0 heterocycles. The van der Waals surface area contributed by atoms with Gasteiger partial charge >= 0.3 is 10.1 Å². The highest BCUT2D eigenvalue weighted by molar-refractivity contribution is 7.87. The molecule has 0 aliphatic carbocycles. The molecule has 0 saturated heterocycles. The summed E-state index contributed by atoms with van der Waals surface area (Å²) < 4.78 is 59.8. The topological polar surface area (TPSA) is 118 Å². The van der Waals surface area contributed by atoms with E-state index in [2.05, 4.69) is 0 Å². The van der Waals surface area contributed by atoms with Gasteiger partial charge in [0.15, 0.2) is 0 Å². The fourth-order valence-electron chi connectivity index (χ4n) is 1.81. The Morgan fingerprint density at radius 2 is 1.61 bits per heavy atom. The van der Waals surface area contributed by atoms with Gasteiger partial charge in [-0.2, -0.15) is 16.8 Å². The van der Waals surface area contributed by atoms with E-state index in [0.717, 1.165) is 17.7 Å². The van der Waals surface area contributed by atoms with E-state index in [1.54, 1.807) is 19.1 Å². The van der Waals surface area contributed by atoms with Crippen LogP contribution in [0, 0.1) is 6.92 Å². The molecule has 0 bridgehead atoms. The maximum absolute atomic E-state index is 12.1. The molecule has 9 heteroatoms. The van der Waals surface area contributed by atoms with Crippen LogP contribution >= 0.6 is 0 Å². The molecule has 0 atom stereocenters. The Bertz CT molecular complexity index is 914. The SMILES string of the molecule is Cc1ccc(S(=O)(=O)Oc2ccc(O)c(CS(=O)(=O)O)c2)cc1. The van der Waals surface area contributed by atoms with Crippen molar-refractivity contribution in [1.82, 2.24) is 0 Å². The molecule has 2 N–H and O–H groups in total. The van der Waals surface area contributed by atoms with E-state index in [-0.39, 0.29) is 16.2 Å². The maximum Gasteiger partial charge on any atom is 0.339 e. The number of phenolic OH excluding ortho intramolecular Hbond substituents is 1. The number of phenols is 1. The summed E-state index contributed by atoms with van der Waals surface area (Å²) in [7, 11) is -8.48. The first-order chi connectivity index (χ1) is 10.6. The Labute approximate surface area is 134 Å². The van der Waals surface area contributed by atoms with Crippen LogP contribution in [0.5, 0.6) is 11.5 Å². The first-order valence-corrected chi connectivity index (χ1v) is 9.37. The van der Waals surface area contributed by atoms with Crippen molar-refractivity contribution in [3.05, 3.63) is 53.6 Å². The number of aryl methyl sites for hydroxylation is 1. The molecule has 0 spiro atoms. The minimum atomic E-state index is -4.38. The first-order valence-electron chi connectivity index (χ1n) is 6.35. The van der Waals surface area contributed by atoms with Crippen LogP contribution in [-0.2, 0) is 26.0 Å². The zero-order chi connectivity index (χ0) is 17.3. The summed E-state index contributed by atoms with van der Waals surface area (Å²) in [6, 6.07) is 9.27. The Morgan fingerprint density at radius 1 is 1.00 bits per heavy atom. The highest BCUT2D eigenvalue weighted by atomic mass is 32.2. The van der Waals surface area contributed by atoms with Gasteiger partial charge < -0.3 is 9.29 Å². The lowest BCUT2D eigenvalue weighted by atomic mass is 10.2. The normalized spacial score (nSPS) is 12.1. The lowest BCUT2D eigenvalue weighted by molar-refractivity contribution is 0.458. The Hall–Kier alpha value is -2.10. The fourth-order valence-corrected chi connectivity index (χ4v) is 3.35. The van der Waals surface area contributed by atoms with Crippen LogP contribution in [-0.4, -0.2) is 26.5 Å². The molecule has 2 rings (SSSR count). The fraction of sp³-hybridized carbons (Fsp3) is 0.143. The van der Waals surface area contributed by atoms with Crippen LogP contribution in [0.3, 0.4) is 0 Å². The summed E-state index contributed by atoms with van der Waals surface area (Å²) in [6.07, 6.45) is 0. The van der Waals surface area contributed by atoms with Crippen LogP contribution in [0.1, 0.15) is 11.1 Å². The molecular weight excluding hydrogens is 344 g/mol. The van der Waals surface area contributed by atoms with Crippen LogP contribution in [0.15, 0.2) is 47.4 Å². The average molecular weight is 358 g/mol. The van der Waals surface area contributed by atoms with Gasteiger partial charge in [-0.3, -0.25) is 4.55 Å². The standard InChI is InChI=1S/C14H14O7S2/c1-10-2-5-13(6-3-10)23(19,20)21-12-4-7-14(15)11(8-12)9-22(16,17)18/h2-8,15H,9H2,1H3,(H,16,17,18). The number of benzene rings is 2. The smallest absolute Gasteiger partial charge is 0.339 e. The van der Waals surface area contributed by atoms with Gasteiger partial charge in [0.1, 0.15) is 22.1 Å². The third-order valence-corrected chi connectivity index (χ3v) is 4.84. The molecule has 2 aromatic carbocycles. The number of hydrogen-bond acceptors (Lipinski definition) is 6. The van der Waals surface area contributed by atoms with Crippen LogP contribution in [0.25, 0.3) is 0 Å². The second-order valence-corrected chi connectivity index (χ2v) is 7.87. The molecule has 23 heavy (non-hydrogen) atoms. The predicted molar refractivity (Wildman–Crippen MR) is 82.4 cm³/mol. The van der Waals surface area contributed by atoms with Crippen molar-refractivity contribution in [3.8, 4) is 11.5 Å². The highest BCUT2D eigenvalue weighted by Gasteiger charge is 2.18. The summed E-state index contributed by atoms with van der Waals surface area (Å²) in [5.74, 6) is -1.44. The first kappa shape index (κ1) is 17.3. The molecule has 2 aromatic rings. The molecule has 0 saturated carbocycles. The van der Waals surface area contributed by atoms with Crippen molar-refractivity contribution in [1.29, 1.82) is 0 Å². The highest BCUT2D eigenvalue weighted by Crippen LogP contribution is 2.27. The third kappa shape index (κ3) is 4.68. The van der Waals surface area contributed by atoms with Gasteiger partial charge in [0, 0.05) is 5.56 Å². The van der Waals surface area contributed by atoms with E-state index >= 15 is 0 Å². The zero-order valence-electron chi connectivity index (χ0n) is 12.0. The molecule has 0 fully saturated rings. The zero-order valence-corrected chi connectivity index (χ0v) is 13.6. The second-order valence-electron chi connectivity index (χ2n) is 4.87. The molecule has 0 aliphatic heterocycles. The van der Waals surface area contributed by atoms with E-state index in [9.17, 15) is 21.9 Å². The summed E-state index contributed by atoms with van der Waals surface area (Å²) >= 11 is 0. The molecular formula is C14H14O7S2. The molecule has 7 nitrogen and oxygen atoms in total. The van der Waals surface area contributed by atoms with Crippen molar-refractivity contribution < 1.29 is 30.7 Å². The van der Waals surface area contributed by atoms with E-state index in [1.165, 1.54) is 18.2 Å². The Kier molecular flexibility index (Phi) is 4.64. The van der Waals surface area contributed by atoms with Gasteiger partial charge in [-0.05, 0) is 37.3 Å². The monoisotopic (exact) mass is 358 g/mol. The number of hydrogen-bond donors (Lipinski definition) is 2. The van der Waals surface area contributed by atoms with Crippen LogP contribution in [0.2, 0.25) is 0 Å². The van der Waals surface area contributed by atoms with Gasteiger partial charge in [-0.15, -0.1) is 0 Å². The van der Waals surface area contributed by atoms with Crippen LogP contribution < -0.4 is 4.18 Å². The summed E-state index contributed by atoms with van der Waals surface area (Å²) in [5.41, 5.74) is 0.702. The maximum atomic E-state index is 12.1. The van der Waals surface area contributed by atoms with Crippen molar-refractivity contribution >= 4 is 20.2 Å². The molecule has 0 amide bonds. The lowest BCUT2D eigenvalue weighted by Crippen LogP contribution is -2.10. The minimum Gasteiger partial charge on any atom is -0.508 e. The lowest BCUT2D eigenvalue weighted by Gasteiger charge is -2.09. The summed E-state index contributed by atoms with van der Waals surface area (Å²) in [4.78, 5) is -0.0625. The van der Waals surface area contributed by atoms with E-state index in [4.69, 9.17) is 8.74 Å². The number of aromatic hydroxyl groups is 1. The summed E-state index contributed by atoms with van der Waals surface area (Å²) in [6.45, 7) is 1.80. The quantitative estimate of drug-likeness (QED) is 0.618. The van der Waals surface area contributed by atoms with Gasteiger partial charge in [-0.1, -0.05) is 17.7 Å². The van der Waals surface area contributed by atoms with Gasteiger partial charge in [0.25, 0.3) is 10.1 Å². The van der Waals surface area contributed by atoms with Crippen molar-refractivity contribution in [3.63, 3.8) is 0 Å². The van der Waals surface area contributed by atoms with Crippen molar-refractivity contribution in [2.75, 3.05) is 0 Å². The summed E-state index contributed by atoms with van der Waals surface area (Å²) in [5, 5.41) is 9.56. The van der Waals surface area contributed by atoms with Gasteiger partial charge in [-0.25, -0.2) is 0 Å². The van der Waals surface area contributed by atoms with Crippen LogP contribution in [0.4, 0.5) is 0 Å². The average Bonchev–Trinajstić information content (AvgIpc) is 2.41. The molecule has 0 unspecified atom stereocenters. The second kappa shape index (κ2) is 6.19. The Balaban J connectivity index is 2.32. The largest absolute Gasteiger partial charge is 0.508 e. The molecule has 0 aliphatic rings. The third-order valence-electron chi connectivity index (χ3n) is 2.90. The molecule has 0 aromatic heterocycles. The number of rotatable bonds is 5. The van der Waals surface area contributed by atoms with Gasteiger partial charge in [0.05, 0.1) is 0 Å². The van der Waals surface area contributed by atoms with Gasteiger partial charge in [0.2, 0.25) is 0 Å². The molecule has 0 radical (unpaired) electrons. The van der Waals surface area contributed by atoms with E-state index in [0.29, 0.717) is 0 Å². The predicted octanol–water partition coefficient (Wildman–Crippen LogP) is 1.86. The molecule has 124 valence electrons. The Morgan fingerprint density at radius 3 is 2.17 bits per heavy atom. The minimum absolute atomic E-state index is 0.0625. The van der Waals surface area contributed by atoms with E-state index in [1.807, 2.05) is 0 Å². The van der Waals surface area contributed by atoms with E-state index < -0.39 is 31.7 Å².